The number of esters is 2. The first-order valence-corrected chi connectivity index (χ1v) is 22.8. The second-order valence-corrected chi connectivity index (χ2v) is 19.1. The van der Waals surface area contributed by atoms with Crippen molar-refractivity contribution >= 4 is 48.5 Å². The standard InChI is InChI=1S/C42H59NO19S2/c1-22(2)17-34(47)56-37-36(58-64-62-60-52)35(57-63-61-59-51)30(21-53-33(46)12-11-32(45)43-16-14-24-5-8-26(44)9-6-24)55-40(37)54-27-18-28(39(49)50)29-13-15-42-19-25(23(3)38(42)48)7-10-31(42)41(29,4)20-27/h5-6,8-9,22,25,27-31,35-38,40,44,48,51-52H,3,7,10-21H2,1-2,4H3,(H,43,45)(H,49,50)/t25?,27?,28?,29?,30-,31?,35-,36?,37?,38+,40?,41?,42?/m1/s1. The van der Waals surface area contributed by atoms with Gasteiger partial charge < -0.3 is 39.6 Å². The third-order valence-corrected chi connectivity index (χ3v) is 14.7. The molecule has 1 spiro atoms. The van der Waals surface area contributed by atoms with Crippen molar-refractivity contribution < 1.29 is 91.1 Å². The Morgan fingerprint density at radius 2 is 1.66 bits per heavy atom. The molecule has 10 unspecified atom stereocenters. The number of hydrogen-bond acceptors (Lipinski definition) is 20. The molecule has 22 heteroatoms. The van der Waals surface area contributed by atoms with Gasteiger partial charge in [0.05, 0.1) is 24.5 Å². The van der Waals surface area contributed by atoms with E-state index in [9.17, 15) is 34.5 Å². The lowest BCUT2D eigenvalue weighted by Gasteiger charge is -2.62. The molecule has 2 bridgehead atoms. The van der Waals surface area contributed by atoms with E-state index in [0.29, 0.717) is 25.7 Å². The molecule has 0 aromatic heterocycles. The monoisotopic (exact) mass is 945 g/mol. The number of amides is 1. The van der Waals surface area contributed by atoms with Crippen LogP contribution in [0.2, 0.25) is 0 Å². The van der Waals surface area contributed by atoms with Crippen molar-refractivity contribution in [2.75, 3.05) is 13.2 Å². The molecular formula is C42H59NO19S2. The molecule has 1 aliphatic heterocycles. The van der Waals surface area contributed by atoms with E-state index in [-0.39, 0.29) is 86.3 Å². The molecule has 5 fully saturated rings. The molecule has 5 aliphatic rings. The SMILES string of the molecule is C=C1C2CCC3C4(C)CC(OC5O[C@H](COC(=O)CCC(=O)NCCc6ccc(O)cc6)[C@@H](OSOOO)C(OSOOO)C5OC(=O)CC(C)C)CC(C(=O)O)C4CCC3(C2)[C@H]1O. The Morgan fingerprint density at radius 1 is 0.953 bits per heavy atom. The molecule has 4 aliphatic carbocycles. The average molecular weight is 946 g/mol. The summed E-state index contributed by atoms with van der Waals surface area (Å²) in [6, 6.07) is 6.54. The van der Waals surface area contributed by atoms with Crippen molar-refractivity contribution in [2.24, 2.45) is 40.4 Å². The Balaban J connectivity index is 1.23. The van der Waals surface area contributed by atoms with Crippen LogP contribution in [0.4, 0.5) is 0 Å². The number of carbonyl (C=O) groups excluding carboxylic acids is 3. The molecule has 13 atom stereocenters. The lowest BCUT2D eigenvalue weighted by atomic mass is 9.43. The second-order valence-electron chi connectivity index (χ2n) is 18.1. The van der Waals surface area contributed by atoms with Gasteiger partial charge in [0.25, 0.3) is 0 Å². The van der Waals surface area contributed by atoms with Gasteiger partial charge in [-0.15, -0.1) is 8.67 Å². The Morgan fingerprint density at radius 3 is 2.33 bits per heavy atom. The first-order valence-electron chi connectivity index (χ1n) is 21.5. The fourth-order valence-electron chi connectivity index (χ4n) is 11.2. The van der Waals surface area contributed by atoms with Crippen LogP contribution in [-0.4, -0.2) is 106 Å². The number of carbonyl (C=O) groups is 4. The molecule has 1 aromatic carbocycles. The molecule has 1 amide bonds. The lowest BCUT2D eigenvalue weighted by Crippen LogP contribution is -2.63. The van der Waals surface area contributed by atoms with Gasteiger partial charge in [-0.2, -0.15) is 0 Å². The van der Waals surface area contributed by atoms with Crippen molar-refractivity contribution in [1.82, 2.24) is 5.32 Å². The van der Waals surface area contributed by atoms with E-state index in [4.69, 9.17) is 37.8 Å². The van der Waals surface area contributed by atoms with Gasteiger partial charge in [-0.3, -0.25) is 27.5 Å². The van der Waals surface area contributed by atoms with Crippen molar-refractivity contribution in [3.8, 4) is 5.75 Å². The highest BCUT2D eigenvalue weighted by Crippen LogP contribution is 2.70. The van der Waals surface area contributed by atoms with Gasteiger partial charge in [0.15, 0.2) is 37.0 Å². The zero-order chi connectivity index (χ0) is 46.2. The summed E-state index contributed by atoms with van der Waals surface area (Å²) in [5.41, 5.74) is 0.684. The number of aromatic hydroxyl groups is 1. The number of hydrogen-bond donors (Lipinski definition) is 6. The molecule has 1 aromatic rings. The van der Waals surface area contributed by atoms with Gasteiger partial charge in [-0.05, 0) is 104 Å². The van der Waals surface area contributed by atoms with Crippen LogP contribution >= 0.6 is 24.6 Å². The number of aliphatic carboxylic acids is 1. The Labute approximate surface area is 379 Å². The van der Waals surface area contributed by atoms with Crippen LogP contribution in [-0.2, 0) is 71.7 Å². The number of carboxylic acid groups (broad SMARTS) is 1. The molecule has 20 nitrogen and oxygen atoms in total. The number of benzene rings is 1. The van der Waals surface area contributed by atoms with Crippen molar-refractivity contribution in [3.63, 3.8) is 0 Å². The molecule has 4 saturated carbocycles. The smallest absolute Gasteiger partial charge is 0.306 e. The van der Waals surface area contributed by atoms with Gasteiger partial charge >= 0.3 is 17.9 Å². The number of aliphatic hydroxyl groups is 1. The van der Waals surface area contributed by atoms with Gasteiger partial charge in [-0.25, -0.2) is 10.5 Å². The predicted molar refractivity (Wildman–Crippen MR) is 222 cm³/mol. The molecule has 64 heavy (non-hydrogen) atoms. The highest BCUT2D eigenvalue weighted by atomic mass is 32.2. The van der Waals surface area contributed by atoms with E-state index in [1.165, 1.54) is 12.1 Å². The zero-order valence-electron chi connectivity index (χ0n) is 35.9. The van der Waals surface area contributed by atoms with Crippen molar-refractivity contribution in [1.29, 1.82) is 0 Å². The summed E-state index contributed by atoms with van der Waals surface area (Å²) in [4.78, 5) is 52.2. The first kappa shape index (κ1) is 50.3. The summed E-state index contributed by atoms with van der Waals surface area (Å²) in [6.07, 6.45) is -4.68. The van der Waals surface area contributed by atoms with Crippen LogP contribution in [0.1, 0.15) is 90.5 Å². The van der Waals surface area contributed by atoms with E-state index < -0.39 is 90.1 Å². The zero-order valence-corrected chi connectivity index (χ0v) is 37.5. The lowest BCUT2D eigenvalue weighted by molar-refractivity contribution is -0.436. The van der Waals surface area contributed by atoms with Crippen LogP contribution in [0.5, 0.6) is 5.75 Å². The van der Waals surface area contributed by atoms with Crippen molar-refractivity contribution in [2.45, 2.75) is 134 Å². The Kier molecular flexibility index (Phi) is 17.8. The number of rotatable bonds is 22. The van der Waals surface area contributed by atoms with Crippen LogP contribution in [0.3, 0.4) is 0 Å². The van der Waals surface area contributed by atoms with E-state index in [2.05, 4.69) is 37.6 Å². The Bertz CT molecular complexity index is 1770. The summed E-state index contributed by atoms with van der Waals surface area (Å²) in [5.74, 6) is -3.78. The van der Waals surface area contributed by atoms with E-state index in [1.807, 2.05) is 0 Å². The van der Waals surface area contributed by atoms with Crippen molar-refractivity contribution in [3.05, 3.63) is 42.0 Å². The highest BCUT2D eigenvalue weighted by Gasteiger charge is 2.67. The minimum Gasteiger partial charge on any atom is -0.508 e. The maximum Gasteiger partial charge on any atom is 0.306 e. The number of phenols is 1. The molecule has 1 heterocycles. The minimum absolute atomic E-state index is 0.0374. The predicted octanol–water partition coefficient (Wildman–Crippen LogP) is 5.43. The first-order chi connectivity index (χ1) is 30.6. The summed E-state index contributed by atoms with van der Waals surface area (Å²) < 4.78 is 45.2. The topological polar surface area (TPSA) is 274 Å². The van der Waals surface area contributed by atoms with Gasteiger partial charge in [-0.1, -0.05) is 49.6 Å². The third-order valence-electron chi connectivity index (χ3n) is 13.9. The number of fused-ring (bicyclic) bond motifs is 3. The quantitative estimate of drug-likeness (QED) is 0.0161. The number of carboxylic acids is 1. The van der Waals surface area contributed by atoms with Crippen LogP contribution < -0.4 is 5.32 Å². The number of ether oxygens (including phenoxy) is 4. The fraction of sp³-hybridized carbons (Fsp3) is 0.714. The molecule has 0 radical (unpaired) electrons. The van der Waals surface area contributed by atoms with Gasteiger partial charge in [0, 0.05) is 24.8 Å². The minimum atomic E-state index is -1.52. The Hall–Kier alpha value is -3.10. The third kappa shape index (κ3) is 11.7. The van der Waals surface area contributed by atoms with E-state index in [1.54, 1.807) is 26.0 Å². The van der Waals surface area contributed by atoms with Gasteiger partial charge in [0.2, 0.25) is 5.91 Å². The molecule has 6 N–H and O–H groups in total. The number of nitrogens with one attached hydrogen (secondary N) is 1. The number of phenolic OH excluding ortho intramolecular Hbond substituents is 1. The van der Waals surface area contributed by atoms with Crippen LogP contribution in [0.25, 0.3) is 0 Å². The molecule has 1 saturated heterocycles. The fourth-order valence-corrected chi connectivity index (χ4v) is 12.0. The highest BCUT2D eigenvalue weighted by molar-refractivity contribution is 7.90. The molecular weight excluding hydrogens is 887 g/mol. The van der Waals surface area contributed by atoms with E-state index in [0.717, 1.165) is 30.4 Å². The van der Waals surface area contributed by atoms with E-state index >= 15 is 0 Å². The molecule has 358 valence electrons. The summed E-state index contributed by atoms with van der Waals surface area (Å²) >= 11 is 0.238. The average Bonchev–Trinajstić information content (AvgIpc) is 3.42. The number of aliphatic hydroxyl groups excluding tert-OH is 1. The van der Waals surface area contributed by atoms with Crippen LogP contribution in [0, 0.1) is 40.4 Å². The second kappa shape index (κ2) is 22.6. The van der Waals surface area contributed by atoms with Crippen LogP contribution in [0.15, 0.2) is 36.4 Å². The summed E-state index contributed by atoms with van der Waals surface area (Å²) in [7, 11) is 0. The maximum atomic E-state index is 13.4. The maximum absolute atomic E-state index is 13.4. The largest absolute Gasteiger partial charge is 0.508 e. The molecule has 6 rings (SSSR count). The summed E-state index contributed by atoms with van der Waals surface area (Å²) in [5, 5.41) is 59.8. The normalized spacial score (nSPS) is 34.4. The van der Waals surface area contributed by atoms with Gasteiger partial charge in [0.1, 0.15) is 30.7 Å². The summed E-state index contributed by atoms with van der Waals surface area (Å²) in [6.45, 7) is 9.66.